The molecule has 1 fully saturated rings. The normalized spacial score (nSPS) is 17.8. The van der Waals surface area contributed by atoms with Gasteiger partial charge in [0, 0.05) is 0 Å². The first-order chi connectivity index (χ1) is 15.4. The van der Waals surface area contributed by atoms with E-state index in [-0.39, 0.29) is 12.4 Å². The van der Waals surface area contributed by atoms with Crippen molar-refractivity contribution in [1.82, 2.24) is 15.8 Å². The van der Waals surface area contributed by atoms with E-state index in [9.17, 15) is 14.4 Å². The van der Waals surface area contributed by atoms with Gasteiger partial charge in [0.1, 0.15) is 23.7 Å². The first kappa shape index (κ1) is 21.2. The van der Waals surface area contributed by atoms with Gasteiger partial charge in [0.25, 0.3) is 5.91 Å². The second-order valence-corrected chi connectivity index (χ2v) is 7.70. The zero-order valence-electron chi connectivity index (χ0n) is 17.5. The molecule has 8 nitrogen and oxygen atoms in total. The molecular weight excluding hydrogens is 410 g/mol. The van der Waals surface area contributed by atoms with Gasteiger partial charge in [-0.25, -0.2) is 10.2 Å². The zero-order valence-corrected chi connectivity index (χ0v) is 17.5. The number of hydrazine groups is 1. The van der Waals surface area contributed by atoms with Crippen molar-refractivity contribution in [2.75, 3.05) is 0 Å². The predicted molar refractivity (Wildman–Crippen MR) is 115 cm³/mol. The number of nitrogens with one attached hydrogen (secondary N) is 2. The maximum atomic E-state index is 12.9. The largest absolute Gasteiger partial charge is 0.486 e. The van der Waals surface area contributed by atoms with Gasteiger partial charge in [0.05, 0.1) is 0 Å². The van der Waals surface area contributed by atoms with Gasteiger partial charge in [0.2, 0.25) is 0 Å². The first-order valence-electron chi connectivity index (χ1n) is 10.2. The van der Waals surface area contributed by atoms with E-state index in [1.165, 1.54) is 6.07 Å². The molecule has 1 aliphatic rings. The summed E-state index contributed by atoms with van der Waals surface area (Å²) in [6.45, 7) is 1.78. The molecule has 0 bridgehead atoms. The van der Waals surface area contributed by atoms with E-state index in [0.29, 0.717) is 29.4 Å². The van der Waals surface area contributed by atoms with Gasteiger partial charge in [-0.3, -0.25) is 9.59 Å². The number of nitrogens with zero attached hydrogens (tertiary/aromatic N) is 1. The molecular formula is C24H23N3O5. The lowest BCUT2D eigenvalue weighted by molar-refractivity contribution is -0.132. The number of amides is 4. The third kappa shape index (κ3) is 4.64. The molecule has 1 atom stereocenters. The summed E-state index contributed by atoms with van der Waals surface area (Å²) >= 11 is 0. The van der Waals surface area contributed by atoms with Crippen molar-refractivity contribution < 1.29 is 23.5 Å². The van der Waals surface area contributed by atoms with Crippen molar-refractivity contribution in [3.05, 3.63) is 89.9 Å². The highest BCUT2D eigenvalue weighted by Gasteiger charge is 2.48. The number of carbonyl (C=O) groups is 3. The molecule has 0 spiro atoms. The number of rotatable bonds is 8. The lowest BCUT2D eigenvalue weighted by atomic mass is 9.93. The van der Waals surface area contributed by atoms with Crippen LogP contribution in [0.15, 0.2) is 77.2 Å². The molecule has 2 N–H and O–H groups in total. The third-order valence-corrected chi connectivity index (χ3v) is 5.24. The van der Waals surface area contributed by atoms with E-state index in [0.717, 1.165) is 5.56 Å². The van der Waals surface area contributed by atoms with Gasteiger partial charge in [-0.05, 0) is 49.6 Å². The highest BCUT2D eigenvalue weighted by Crippen LogP contribution is 2.23. The minimum atomic E-state index is -1.11. The van der Waals surface area contributed by atoms with Crippen LogP contribution in [0.4, 0.5) is 4.79 Å². The van der Waals surface area contributed by atoms with Gasteiger partial charge >= 0.3 is 11.9 Å². The van der Waals surface area contributed by atoms with Crippen LogP contribution in [0.1, 0.15) is 35.2 Å². The Balaban J connectivity index is 1.35. The number of benzene rings is 2. The Bertz CT molecular complexity index is 1110. The highest BCUT2D eigenvalue weighted by molar-refractivity contribution is 6.08. The molecule has 0 radical (unpaired) electrons. The molecule has 0 unspecified atom stereocenters. The molecule has 1 aliphatic heterocycles. The number of para-hydroxylation sites is 1. The number of hydrogen-bond acceptors (Lipinski definition) is 5. The van der Waals surface area contributed by atoms with Gasteiger partial charge in [-0.15, -0.1) is 0 Å². The van der Waals surface area contributed by atoms with Crippen LogP contribution in [0, 0.1) is 0 Å². The Morgan fingerprint density at radius 2 is 1.72 bits per heavy atom. The number of aryl methyl sites for hydroxylation is 1. The fourth-order valence-electron chi connectivity index (χ4n) is 3.40. The molecule has 1 saturated heterocycles. The quantitative estimate of drug-likeness (QED) is 0.530. The van der Waals surface area contributed by atoms with Crippen LogP contribution >= 0.6 is 0 Å². The van der Waals surface area contributed by atoms with E-state index >= 15 is 0 Å². The van der Waals surface area contributed by atoms with E-state index in [1.54, 1.807) is 13.0 Å². The smallest absolute Gasteiger partial charge is 0.344 e. The van der Waals surface area contributed by atoms with Crippen molar-refractivity contribution in [2.45, 2.75) is 31.9 Å². The first-order valence-corrected chi connectivity index (χ1v) is 10.2. The minimum Gasteiger partial charge on any atom is -0.486 e. The molecule has 8 heteroatoms. The number of ether oxygens (including phenoxy) is 1. The monoisotopic (exact) mass is 433 g/mol. The zero-order chi connectivity index (χ0) is 22.6. The number of carbonyl (C=O) groups excluding carboxylic acids is 3. The van der Waals surface area contributed by atoms with Crippen LogP contribution in [0.5, 0.6) is 5.75 Å². The summed E-state index contributed by atoms with van der Waals surface area (Å²) in [4.78, 5) is 37.8. The van der Waals surface area contributed by atoms with Crippen molar-refractivity contribution in [2.24, 2.45) is 0 Å². The fourth-order valence-corrected chi connectivity index (χ4v) is 3.40. The lowest BCUT2D eigenvalue weighted by Gasteiger charge is -2.21. The summed E-state index contributed by atoms with van der Waals surface area (Å²) in [5.41, 5.74) is 2.28. The molecule has 3 aromatic rings. The maximum Gasteiger partial charge on any atom is 0.344 e. The Morgan fingerprint density at radius 3 is 2.44 bits per heavy atom. The molecule has 4 rings (SSSR count). The number of imide groups is 1. The summed E-state index contributed by atoms with van der Waals surface area (Å²) in [6.07, 6.45) is 1.00. The van der Waals surface area contributed by atoms with Gasteiger partial charge in [0.15, 0.2) is 5.76 Å². The molecule has 32 heavy (non-hydrogen) atoms. The van der Waals surface area contributed by atoms with Crippen LogP contribution in [0.25, 0.3) is 0 Å². The second-order valence-electron chi connectivity index (χ2n) is 7.70. The Labute approximate surface area is 185 Å². The molecule has 4 amide bonds. The average molecular weight is 433 g/mol. The van der Waals surface area contributed by atoms with Gasteiger partial charge in [-0.1, -0.05) is 48.5 Å². The molecule has 1 aromatic heterocycles. The van der Waals surface area contributed by atoms with Gasteiger partial charge in [-0.2, -0.15) is 5.01 Å². The van der Waals surface area contributed by atoms with E-state index in [4.69, 9.17) is 9.15 Å². The van der Waals surface area contributed by atoms with Crippen LogP contribution < -0.4 is 15.5 Å². The van der Waals surface area contributed by atoms with Crippen LogP contribution in [0.3, 0.4) is 0 Å². The van der Waals surface area contributed by atoms with Crippen LogP contribution in [-0.4, -0.2) is 28.4 Å². The number of urea groups is 1. The Kier molecular flexibility index (Phi) is 5.93. The van der Waals surface area contributed by atoms with Crippen LogP contribution in [0.2, 0.25) is 0 Å². The molecule has 0 aliphatic carbocycles. The fraction of sp³-hybridized carbons (Fsp3) is 0.208. The van der Waals surface area contributed by atoms with E-state index in [1.807, 2.05) is 60.7 Å². The highest BCUT2D eigenvalue weighted by atomic mass is 16.5. The number of furan rings is 1. The molecule has 164 valence electrons. The maximum absolute atomic E-state index is 12.9. The molecule has 0 saturated carbocycles. The summed E-state index contributed by atoms with van der Waals surface area (Å²) < 4.78 is 11.1. The molecule has 2 heterocycles. The average Bonchev–Trinajstić information content (AvgIpc) is 3.37. The van der Waals surface area contributed by atoms with Gasteiger partial charge < -0.3 is 14.5 Å². The minimum absolute atomic E-state index is 0.0323. The Morgan fingerprint density at radius 1 is 1.03 bits per heavy atom. The van der Waals surface area contributed by atoms with Crippen molar-refractivity contribution >= 4 is 17.8 Å². The predicted octanol–water partition coefficient (Wildman–Crippen LogP) is 3.45. The van der Waals surface area contributed by atoms with E-state index < -0.39 is 23.4 Å². The third-order valence-electron chi connectivity index (χ3n) is 5.24. The molecule has 2 aromatic carbocycles. The summed E-state index contributed by atoms with van der Waals surface area (Å²) in [5, 5.41) is 3.38. The lowest BCUT2D eigenvalue weighted by Crippen LogP contribution is -2.48. The standard InChI is InChI=1S/C24H23N3O5/c1-24(15-14-17-8-4-2-5-9-17)22(29)27(23(30)25-24)26-21(28)20-13-12-19(32-20)16-31-18-10-6-3-7-11-18/h2-13H,14-16H2,1H3,(H,25,30)(H,26,28)/t24-/m0/s1. The number of hydrogen-bond donors (Lipinski definition) is 2. The topological polar surface area (TPSA) is 101 Å². The Hall–Kier alpha value is -4.07. The van der Waals surface area contributed by atoms with Crippen molar-refractivity contribution in [3.63, 3.8) is 0 Å². The SMILES string of the molecule is C[C@@]1(CCc2ccccc2)NC(=O)N(NC(=O)c2ccc(COc3ccccc3)o2)C1=O. The van der Waals surface area contributed by atoms with Crippen molar-refractivity contribution in [3.8, 4) is 5.75 Å². The second kappa shape index (κ2) is 8.97. The summed E-state index contributed by atoms with van der Waals surface area (Å²) in [5.74, 6) is -0.152. The van der Waals surface area contributed by atoms with E-state index in [2.05, 4.69) is 10.7 Å². The van der Waals surface area contributed by atoms with Crippen LogP contribution in [-0.2, 0) is 17.8 Å². The summed E-state index contributed by atoms with van der Waals surface area (Å²) in [6, 6.07) is 21.3. The summed E-state index contributed by atoms with van der Waals surface area (Å²) in [7, 11) is 0. The van der Waals surface area contributed by atoms with Crippen molar-refractivity contribution in [1.29, 1.82) is 0 Å².